The normalized spacial score (nSPS) is 19.0. The molecule has 2 fully saturated rings. The van der Waals surface area contributed by atoms with Crippen molar-refractivity contribution in [1.29, 1.82) is 0 Å². The van der Waals surface area contributed by atoms with Crippen LogP contribution in [0.2, 0.25) is 0 Å². The van der Waals surface area contributed by atoms with Gasteiger partial charge in [-0.25, -0.2) is 14.8 Å². The number of benzene rings is 1. The van der Waals surface area contributed by atoms with Gasteiger partial charge in [-0.15, -0.1) is 0 Å². The molecule has 2 aliphatic rings. The Labute approximate surface area is 145 Å². The number of aromatic nitrogens is 2. The minimum absolute atomic E-state index is 0.0533. The number of carbonyl (C=O) groups is 2. The third-order valence-electron chi connectivity index (χ3n) is 5.10. The Bertz CT molecular complexity index is 811. The number of urea groups is 1. The maximum atomic E-state index is 12.6. The number of amides is 3. The molecule has 130 valence electrons. The van der Waals surface area contributed by atoms with Crippen LogP contribution in [0.4, 0.5) is 10.6 Å². The van der Waals surface area contributed by atoms with Gasteiger partial charge in [0.25, 0.3) is 5.91 Å². The Kier molecular flexibility index (Phi) is 3.99. The van der Waals surface area contributed by atoms with Gasteiger partial charge in [0.05, 0.1) is 5.52 Å². The zero-order chi connectivity index (χ0) is 17.3. The fraction of sp³-hybridized carbons (Fsp3) is 0.444. The molecule has 1 spiro atoms. The van der Waals surface area contributed by atoms with Crippen molar-refractivity contribution in [1.82, 2.24) is 20.2 Å². The van der Waals surface area contributed by atoms with Gasteiger partial charge in [0.2, 0.25) is 0 Å². The number of imide groups is 1. The summed E-state index contributed by atoms with van der Waals surface area (Å²) in [5, 5.41) is 7.15. The number of nitrogens with zero attached hydrogens (tertiary/aromatic N) is 3. The zero-order valence-corrected chi connectivity index (χ0v) is 14.0. The maximum absolute atomic E-state index is 12.6. The van der Waals surface area contributed by atoms with E-state index in [0.29, 0.717) is 19.5 Å². The summed E-state index contributed by atoms with van der Waals surface area (Å²) in [4.78, 5) is 34.6. The molecule has 0 unspecified atom stereocenters. The molecular weight excluding hydrogens is 318 g/mol. The molecule has 2 aromatic rings. The SMILES string of the molecule is O=C1NC2(CCCC2)C(=O)N1CCCNc1ncnc2ccccc12. The van der Waals surface area contributed by atoms with Crippen molar-refractivity contribution in [3.8, 4) is 0 Å². The summed E-state index contributed by atoms with van der Waals surface area (Å²) < 4.78 is 0. The summed E-state index contributed by atoms with van der Waals surface area (Å²) in [5.74, 6) is 0.720. The van der Waals surface area contributed by atoms with Gasteiger partial charge in [-0.05, 0) is 31.4 Å². The van der Waals surface area contributed by atoms with Gasteiger partial charge in [0.15, 0.2) is 0 Å². The van der Waals surface area contributed by atoms with Crippen molar-refractivity contribution in [2.75, 3.05) is 18.4 Å². The molecule has 1 saturated heterocycles. The maximum Gasteiger partial charge on any atom is 0.325 e. The second-order valence-corrected chi connectivity index (χ2v) is 6.70. The van der Waals surface area contributed by atoms with E-state index in [1.165, 1.54) is 11.2 Å². The number of anilines is 1. The van der Waals surface area contributed by atoms with Crippen LogP contribution < -0.4 is 10.6 Å². The molecule has 7 heteroatoms. The van der Waals surface area contributed by atoms with E-state index in [9.17, 15) is 9.59 Å². The van der Waals surface area contributed by atoms with E-state index in [-0.39, 0.29) is 11.9 Å². The molecule has 0 bridgehead atoms. The molecule has 1 aliphatic heterocycles. The lowest BCUT2D eigenvalue weighted by atomic mass is 9.98. The first kappa shape index (κ1) is 15.8. The standard InChI is InChI=1S/C18H21N5O2/c24-16-18(8-3-4-9-18)22-17(25)23(16)11-5-10-19-15-13-6-1-2-7-14(13)20-12-21-15/h1-2,6-7,12H,3-5,8-11H2,(H,22,25)(H,19,20,21). The molecule has 2 heterocycles. The van der Waals surface area contributed by atoms with Gasteiger partial charge in [0.1, 0.15) is 17.7 Å². The van der Waals surface area contributed by atoms with E-state index < -0.39 is 5.54 Å². The second kappa shape index (κ2) is 6.31. The Balaban J connectivity index is 1.35. The first-order valence-electron chi connectivity index (χ1n) is 8.77. The van der Waals surface area contributed by atoms with E-state index in [4.69, 9.17) is 0 Å². The van der Waals surface area contributed by atoms with Gasteiger partial charge < -0.3 is 10.6 Å². The van der Waals surface area contributed by atoms with Crippen molar-refractivity contribution in [2.45, 2.75) is 37.6 Å². The van der Waals surface area contributed by atoms with Crippen LogP contribution in [0.15, 0.2) is 30.6 Å². The van der Waals surface area contributed by atoms with Gasteiger partial charge in [-0.1, -0.05) is 25.0 Å². The smallest absolute Gasteiger partial charge is 0.325 e. The first-order chi connectivity index (χ1) is 12.2. The fourth-order valence-corrected chi connectivity index (χ4v) is 3.79. The van der Waals surface area contributed by atoms with E-state index in [1.807, 2.05) is 24.3 Å². The van der Waals surface area contributed by atoms with Gasteiger partial charge in [-0.2, -0.15) is 0 Å². The molecule has 4 rings (SSSR count). The van der Waals surface area contributed by atoms with Crippen LogP contribution >= 0.6 is 0 Å². The monoisotopic (exact) mass is 339 g/mol. The van der Waals surface area contributed by atoms with Crippen LogP contribution in [-0.2, 0) is 4.79 Å². The zero-order valence-electron chi connectivity index (χ0n) is 14.0. The summed E-state index contributed by atoms with van der Waals surface area (Å²) >= 11 is 0. The molecule has 7 nitrogen and oxygen atoms in total. The van der Waals surface area contributed by atoms with E-state index in [1.54, 1.807) is 0 Å². The quantitative estimate of drug-likeness (QED) is 0.645. The third kappa shape index (κ3) is 2.79. The topological polar surface area (TPSA) is 87.2 Å². The van der Waals surface area contributed by atoms with Crippen LogP contribution in [0.5, 0.6) is 0 Å². The highest BCUT2D eigenvalue weighted by molar-refractivity contribution is 6.07. The average molecular weight is 339 g/mol. The highest BCUT2D eigenvalue weighted by atomic mass is 16.2. The van der Waals surface area contributed by atoms with Crippen molar-refractivity contribution in [3.05, 3.63) is 30.6 Å². The van der Waals surface area contributed by atoms with Crippen molar-refractivity contribution in [2.24, 2.45) is 0 Å². The highest BCUT2D eigenvalue weighted by Gasteiger charge is 2.51. The number of carbonyl (C=O) groups excluding carboxylic acids is 2. The largest absolute Gasteiger partial charge is 0.369 e. The summed E-state index contributed by atoms with van der Waals surface area (Å²) in [6.45, 7) is 1.05. The number of rotatable bonds is 5. The summed E-state index contributed by atoms with van der Waals surface area (Å²) in [6, 6.07) is 7.55. The Morgan fingerprint density at radius 2 is 1.96 bits per heavy atom. The Morgan fingerprint density at radius 3 is 2.80 bits per heavy atom. The number of hydrogen-bond acceptors (Lipinski definition) is 5. The lowest BCUT2D eigenvalue weighted by Gasteiger charge is -2.20. The molecule has 2 N–H and O–H groups in total. The van der Waals surface area contributed by atoms with Crippen molar-refractivity contribution < 1.29 is 9.59 Å². The lowest BCUT2D eigenvalue weighted by Crippen LogP contribution is -2.44. The fourth-order valence-electron chi connectivity index (χ4n) is 3.79. The van der Waals surface area contributed by atoms with Crippen molar-refractivity contribution in [3.63, 3.8) is 0 Å². The Morgan fingerprint density at radius 1 is 1.16 bits per heavy atom. The predicted molar refractivity (Wildman–Crippen MR) is 94.1 cm³/mol. The molecule has 25 heavy (non-hydrogen) atoms. The van der Waals surface area contributed by atoms with Gasteiger partial charge in [-0.3, -0.25) is 9.69 Å². The summed E-state index contributed by atoms with van der Waals surface area (Å²) in [5.41, 5.74) is 0.269. The van der Waals surface area contributed by atoms with Crippen LogP contribution in [0, 0.1) is 0 Å². The van der Waals surface area contributed by atoms with E-state index in [0.717, 1.165) is 42.4 Å². The van der Waals surface area contributed by atoms with E-state index in [2.05, 4.69) is 20.6 Å². The minimum Gasteiger partial charge on any atom is -0.369 e. The number of nitrogens with one attached hydrogen (secondary N) is 2. The number of fused-ring (bicyclic) bond motifs is 1. The Hall–Kier alpha value is -2.70. The number of hydrogen-bond donors (Lipinski definition) is 2. The molecular formula is C18H21N5O2. The lowest BCUT2D eigenvalue weighted by molar-refractivity contribution is -0.131. The predicted octanol–water partition coefficient (Wildman–Crippen LogP) is 2.30. The van der Waals surface area contributed by atoms with Crippen LogP contribution in [-0.4, -0.2) is 45.4 Å². The molecule has 1 saturated carbocycles. The van der Waals surface area contributed by atoms with Crippen LogP contribution in [0.3, 0.4) is 0 Å². The third-order valence-corrected chi connectivity index (χ3v) is 5.10. The molecule has 0 atom stereocenters. The van der Waals surface area contributed by atoms with Crippen LogP contribution in [0.1, 0.15) is 32.1 Å². The molecule has 1 aliphatic carbocycles. The molecule has 3 amide bonds. The molecule has 1 aromatic carbocycles. The van der Waals surface area contributed by atoms with E-state index >= 15 is 0 Å². The minimum atomic E-state index is -0.618. The summed E-state index contributed by atoms with van der Waals surface area (Å²) in [6.07, 6.45) is 5.74. The summed E-state index contributed by atoms with van der Waals surface area (Å²) in [7, 11) is 0. The first-order valence-corrected chi connectivity index (χ1v) is 8.77. The van der Waals surface area contributed by atoms with Crippen molar-refractivity contribution >= 4 is 28.7 Å². The highest BCUT2D eigenvalue weighted by Crippen LogP contribution is 2.35. The number of para-hydroxylation sites is 1. The van der Waals surface area contributed by atoms with Gasteiger partial charge >= 0.3 is 6.03 Å². The molecule has 1 aromatic heterocycles. The van der Waals surface area contributed by atoms with Gasteiger partial charge in [0, 0.05) is 18.5 Å². The molecule has 0 radical (unpaired) electrons. The van der Waals surface area contributed by atoms with Crippen LogP contribution in [0.25, 0.3) is 10.9 Å². The average Bonchev–Trinajstić information content (AvgIpc) is 3.19. The second-order valence-electron chi connectivity index (χ2n) is 6.70.